The van der Waals surface area contributed by atoms with Gasteiger partial charge in [0.1, 0.15) is 0 Å². The highest BCUT2D eigenvalue weighted by Gasteiger charge is 2.19. The van der Waals surface area contributed by atoms with Crippen molar-refractivity contribution in [1.29, 1.82) is 0 Å². The molecule has 0 bridgehead atoms. The Balaban J connectivity index is 1.73. The van der Waals surface area contributed by atoms with Crippen LogP contribution in [0.25, 0.3) is 0 Å². The third-order valence-corrected chi connectivity index (χ3v) is 3.75. The lowest BCUT2D eigenvalue weighted by atomic mass is 10.00. The summed E-state index contributed by atoms with van der Waals surface area (Å²) in [5, 5.41) is 6.55. The fourth-order valence-corrected chi connectivity index (χ4v) is 2.58. The SMILES string of the molecule is Cc1ccc(CCC(=O)NC2CCNC(C)C2)cc1. The Morgan fingerprint density at radius 3 is 2.79 bits per heavy atom. The maximum atomic E-state index is 11.9. The molecule has 1 amide bonds. The zero-order valence-electron chi connectivity index (χ0n) is 11.9. The minimum atomic E-state index is 0.180. The van der Waals surface area contributed by atoms with Crippen LogP contribution in [0.3, 0.4) is 0 Å². The number of benzene rings is 1. The molecule has 2 unspecified atom stereocenters. The van der Waals surface area contributed by atoms with E-state index in [4.69, 9.17) is 0 Å². The Morgan fingerprint density at radius 1 is 1.37 bits per heavy atom. The molecule has 0 aromatic heterocycles. The van der Waals surface area contributed by atoms with Crippen molar-refractivity contribution in [1.82, 2.24) is 10.6 Å². The highest BCUT2D eigenvalue weighted by molar-refractivity contribution is 5.76. The van der Waals surface area contributed by atoms with Gasteiger partial charge in [0.05, 0.1) is 0 Å². The van der Waals surface area contributed by atoms with Gasteiger partial charge in [-0.25, -0.2) is 0 Å². The summed E-state index contributed by atoms with van der Waals surface area (Å²) in [5.41, 5.74) is 2.50. The van der Waals surface area contributed by atoms with E-state index in [1.54, 1.807) is 0 Å². The van der Waals surface area contributed by atoms with Crippen molar-refractivity contribution in [3.63, 3.8) is 0 Å². The first-order chi connectivity index (χ1) is 9.13. The Labute approximate surface area is 115 Å². The van der Waals surface area contributed by atoms with Gasteiger partial charge >= 0.3 is 0 Å². The standard InChI is InChI=1S/C16H24N2O/c1-12-3-5-14(6-4-12)7-8-16(19)18-15-9-10-17-13(2)11-15/h3-6,13,15,17H,7-11H2,1-2H3,(H,18,19). The predicted molar refractivity (Wildman–Crippen MR) is 78.1 cm³/mol. The average Bonchev–Trinajstić information content (AvgIpc) is 2.38. The summed E-state index contributed by atoms with van der Waals surface area (Å²) in [5.74, 6) is 0.180. The van der Waals surface area contributed by atoms with E-state index in [0.29, 0.717) is 18.5 Å². The van der Waals surface area contributed by atoms with Crippen LogP contribution >= 0.6 is 0 Å². The molecule has 2 N–H and O–H groups in total. The van der Waals surface area contributed by atoms with Gasteiger partial charge in [-0.05, 0) is 45.2 Å². The summed E-state index contributed by atoms with van der Waals surface area (Å²) in [6, 6.07) is 9.27. The van der Waals surface area contributed by atoms with Gasteiger partial charge < -0.3 is 10.6 Å². The number of amides is 1. The van der Waals surface area contributed by atoms with Crippen LogP contribution in [0.4, 0.5) is 0 Å². The van der Waals surface area contributed by atoms with E-state index in [1.807, 2.05) is 0 Å². The highest BCUT2D eigenvalue weighted by atomic mass is 16.1. The van der Waals surface area contributed by atoms with E-state index in [9.17, 15) is 4.79 Å². The third-order valence-electron chi connectivity index (χ3n) is 3.75. The van der Waals surface area contributed by atoms with Gasteiger partial charge in [-0.3, -0.25) is 4.79 Å². The molecule has 1 aliphatic rings. The van der Waals surface area contributed by atoms with Crippen molar-refractivity contribution < 1.29 is 4.79 Å². The van der Waals surface area contributed by atoms with E-state index in [-0.39, 0.29) is 5.91 Å². The molecule has 0 radical (unpaired) electrons. The summed E-state index contributed by atoms with van der Waals surface area (Å²) < 4.78 is 0. The number of hydrogen-bond acceptors (Lipinski definition) is 2. The van der Waals surface area contributed by atoms with E-state index in [2.05, 4.69) is 48.7 Å². The molecule has 19 heavy (non-hydrogen) atoms. The number of rotatable bonds is 4. The van der Waals surface area contributed by atoms with Crippen LogP contribution in [0.5, 0.6) is 0 Å². The van der Waals surface area contributed by atoms with Crippen molar-refractivity contribution in [3.8, 4) is 0 Å². The molecule has 1 saturated heterocycles. The highest BCUT2D eigenvalue weighted by Crippen LogP contribution is 2.09. The Kier molecular flexibility index (Phi) is 4.97. The lowest BCUT2D eigenvalue weighted by Gasteiger charge is -2.28. The monoisotopic (exact) mass is 260 g/mol. The second kappa shape index (κ2) is 6.71. The van der Waals surface area contributed by atoms with Gasteiger partial charge in [0, 0.05) is 18.5 Å². The van der Waals surface area contributed by atoms with Crippen LogP contribution in [0.15, 0.2) is 24.3 Å². The summed E-state index contributed by atoms with van der Waals surface area (Å²) >= 11 is 0. The number of nitrogens with one attached hydrogen (secondary N) is 2. The van der Waals surface area contributed by atoms with Gasteiger partial charge in [0.2, 0.25) is 5.91 Å². The molecule has 3 heteroatoms. The van der Waals surface area contributed by atoms with Gasteiger partial charge in [0.25, 0.3) is 0 Å². The van der Waals surface area contributed by atoms with Crippen LogP contribution in [-0.4, -0.2) is 24.5 Å². The fraction of sp³-hybridized carbons (Fsp3) is 0.562. The Hall–Kier alpha value is -1.35. The number of carbonyl (C=O) groups excluding carboxylic acids is 1. The molecule has 1 heterocycles. The Morgan fingerprint density at radius 2 is 2.11 bits per heavy atom. The second-order valence-corrected chi connectivity index (χ2v) is 5.63. The predicted octanol–water partition coefficient (Wildman–Crippen LogP) is 2.18. The first-order valence-electron chi connectivity index (χ1n) is 7.22. The number of piperidine rings is 1. The lowest BCUT2D eigenvalue weighted by Crippen LogP contribution is -2.46. The van der Waals surface area contributed by atoms with Crippen molar-refractivity contribution in [2.24, 2.45) is 0 Å². The van der Waals surface area contributed by atoms with Gasteiger partial charge in [0.15, 0.2) is 0 Å². The smallest absolute Gasteiger partial charge is 0.220 e. The zero-order valence-corrected chi connectivity index (χ0v) is 11.9. The fourth-order valence-electron chi connectivity index (χ4n) is 2.58. The molecule has 0 saturated carbocycles. The summed E-state index contributed by atoms with van der Waals surface area (Å²) in [7, 11) is 0. The maximum Gasteiger partial charge on any atom is 0.220 e. The topological polar surface area (TPSA) is 41.1 Å². The van der Waals surface area contributed by atoms with Gasteiger partial charge in [-0.2, -0.15) is 0 Å². The van der Waals surface area contributed by atoms with Crippen LogP contribution < -0.4 is 10.6 Å². The van der Waals surface area contributed by atoms with Crippen molar-refractivity contribution in [2.75, 3.05) is 6.54 Å². The second-order valence-electron chi connectivity index (χ2n) is 5.63. The van der Waals surface area contributed by atoms with E-state index in [0.717, 1.165) is 25.8 Å². The van der Waals surface area contributed by atoms with Crippen molar-refractivity contribution >= 4 is 5.91 Å². The molecule has 2 atom stereocenters. The third kappa shape index (κ3) is 4.67. The van der Waals surface area contributed by atoms with Gasteiger partial charge in [-0.15, -0.1) is 0 Å². The number of aryl methyl sites for hydroxylation is 2. The quantitative estimate of drug-likeness (QED) is 0.871. The van der Waals surface area contributed by atoms with Crippen LogP contribution in [0.2, 0.25) is 0 Å². The molecule has 1 aromatic carbocycles. The van der Waals surface area contributed by atoms with Crippen molar-refractivity contribution in [3.05, 3.63) is 35.4 Å². The molecular formula is C16H24N2O. The molecule has 0 aliphatic carbocycles. The van der Waals surface area contributed by atoms with Crippen LogP contribution in [-0.2, 0) is 11.2 Å². The molecule has 0 spiro atoms. The van der Waals surface area contributed by atoms with Crippen LogP contribution in [0, 0.1) is 6.92 Å². The summed E-state index contributed by atoms with van der Waals surface area (Å²) in [6.07, 6.45) is 3.49. The Bertz CT molecular complexity index is 413. The van der Waals surface area contributed by atoms with Gasteiger partial charge in [-0.1, -0.05) is 29.8 Å². The van der Waals surface area contributed by atoms with E-state index >= 15 is 0 Å². The van der Waals surface area contributed by atoms with E-state index < -0.39 is 0 Å². The largest absolute Gasteiger partial charge is 0.353 e. The zero-order chi connectivity index (χ0) is 13.7. The summed E-state index contributed by atoms with van der Waals surface area (Å²) in [6.45, 7) is 5.25. The number of carbonyl (C=O) groups is 1. The first-order valence-corrected chi connectivity index (χ1v) is 7.22. The molecule has 1 aromatic rings. The minimum Gasteiger partial charge on any atom is -0.353 e. The normalized spacial score (nSPS) is 23.1. The molecule has 3 nitrogen and oxygen atoms in total. The molecule has 1 fully saturated rings. The van der Waals surface area contributed by atoms with E-state index in [1.165, 1.54) is 11.1 Å². The maximum absolute atomic E-state index is 11.9. The molecular weight excluding hydrogens is 236 g/mol. The first kappa shape index (κ1) is 14.1. The number of hydrogen-bond donors (Lipinski definition) is 2. The molecule has 104 valence electrons. The average molecular weight is 260 g/mol. The lowest BCUT2D eigenvalue weighted by molar-refractivity contribution is -0.122. The van der Waals surface area contributed by atoms with Crippen LogP contribution in [0.1, 0.15) is 37.3 Å². The summed E-state index contributed by atoms with van der Waals surface area (Å²) in [4.78, 5) is 11.9. The molecule has 2 rings (SSSR count). The minimum absolute atomic E-state index is 0.180. The van der Waals surface area contributed by atoms with Crippen molar-refractivity contribution in [2.45, 2.75) is 51.6 Å². The molecule has 1 aliphatic heterocycles.